The van der Waals surface area contributed by atoms with Crippen molar-refractivity contribution in [3.63, 3.8) is 0 Å². The van der Waals surface area contributed by atoms with Gasteiger partial charge < -0.3 is 20.5 Å². The first-order chi connectivity index (χ1) is 13.7. The molecule has 2 heterocycles. The van der Waals surface area contributed by atoms with Gasteiger partial charge in [0.15, 0.2) is 5.82 Å². The summed E-state index contributed by atoms with van der Waals surface area (Å²) in [5.41, 5.74) is 8.48. The number of rotatable bonds is 7. The van der Waals surface area contributed by atoms with Crippen molar-refractivity contribution in [1.82, 2.24) is 9.97 Å². The highest BCUT2D eigenvalue weighted by molar-refractivity contribution is 5.85. The molecule has 8 heteroatoms. The van der Waals surface area contributed by atoms with Crippen LogP contribution in [0.3, 0.4) is 0 Å². The summed E-state index contributed by atoms with van der Waals surface area (Å²) < 4.78 is 10.9. The number of benzene rings is 1. The molecule has 0 spiro atoms. The van der Waals surface area contributed by atoms with E-state index in [4.69, 9.17) is 20.2 Å². The molecule has 0 bridgehead atoms. The Balaban J connectivity index is 0.00000160. The van der Waals surface area contributed by atoms with Crippen LogP contribution < -0.4 is 11.1 Å². The van der Waals surface area contributed by atoms with Gasteiger partial charge in [-0.25, -0.2) is 9.97 Å². The molecule has 2 aromatic rings. The van der Waals surface area contributed by atoms with Crippen LogP contribution in [-0.2, 0) is 21.5 Å². The normalized spacial score (nSPS) is 22.2. The molecule has 0 amide bonds. The van der Waals surface area contributed by atoms with Gasteiger partial charge in [0.05, 0.1) is 0 Å². The molecule has 3 N–H and O–H groups in total. The van der Waals surface area contributed by atoms with Crippen LogP contribution in [0.5, 0.6) is 0 Å². The Labute approximate surface area is 191 Å². The van der Waals surface area contributed by atoms with Gasteiger partial charge in [-0.05, 0) is 31.2 Å². The van der Waals surface area contributed by atoms with Crippen LogP contribution in [0.4, 0.5) is 5.82 Å². The molecule has 6 nitrogen and oxygen atoms in total. The number of hydrogen-bond donors (Lipinski definition) is 2. The molecule has 1 saturated heterocycles. The lowest BCUT2D eigenvalue weighted by atomic mass is 9.74. The minimum atomic E-state index is 0. The molecule has 1 aromatic heterocycles. The zero-order chi connectivity index (χ0) is 19.4. The largest absolute Gasteiger partial charge is 0.381 e. The van der Waals surface area contributed by atoms with Crippen molar-refractivity contribution < 1.29 is 9.47 Å². The Morgan fingerprint density at radius 3 is 2.47 bits per heavy atom. The van der Waals surface area contributed by atoms with E-state index < -0.39 is 0 Å². The van der Waals surface area contributed by atoms with Gasteiger partial charge in [0.25, 0.3) is 0 Å². The van der Waals surface area contributed by atoms with Gasteiger partial charge in [0.1, 0.15) is 12.4 Å². The first kappa shape index (κ1) is 24.8. The van der Waals surface area contributed by atoms with Gasteiger partial charge in [0, 0.05) is 56.0 Å². The quantitative estimate of drug-likeness (QED) is 0.661. The van der Waals surface area contributed by atoms with Crippen molar-refractivity contribution in [3.05, 3.63) is 53.5 Å². The molecule has 4 rings (SSSR count). The lowest BCUT2D eigenvalue weighted by Gasteiger charge is -2.38. The fraction of sp³-hybridized carbons (Fsp3) is 0.545. The van der Waals surface area contributed by atoms with Crippen molar-refractivity contribution in [3.8, 4) is 0 Å². The van der Waals surface area contributed by atoms with Crippen LogP contribution in [0.1, 0.15) is 48.7 Å². The van der Waals surface area contributed by atoms with E-state index in [2.05, 4.69) is 46.7 Å². The fourth-order valence-corrected chi connectivity index (χ4v) is 4.30. The van der Waals surface area contributed by atoms with Crippen molar-refractivity contribution >= 4 is 30.6 Å². The molecule has 1 saturated carbocycles. The van der Waals surface area contributed by atoms with Crippen LogP contribution in [-0.4, -0.2) is 42.9 Å². The maximum Gasteiger partial charge on any atom is 0.156 e. The SMILES string of the molecule is COCc1nc(NCC2(c3ccccc3)CCOCC2)cc(C2CC(N)C2)n1.Cl.Cl. The molecular weight excluding hydrogens is 423 g/mol. The first-order valence-electron chi connectivity index (χ1n) is 10.2. The van der Waals surface area contributed by atoms with E-state index in [0.717, 1.165) is 62.8 Å². The molecule has 2 fully saturated rings. The zero-order valence-corrected chi connectivity index (χ0v) is 19.0. The van der Waals surface area contributed by atoms with Gasteiger partial charge in [-0.3, -0.25) is 0 Å². The number of nitrogens with one attached hydrogen (secondary N) is 1. The molecule has 0 unspecified atom stereocenters. The highest BCUT2D eigenvalue weighted by Crippen LogP contribution is 2.37. The Hall–Kier alpha value is -1.44. The van der Waals surface area contributed by atoms with Crippen molar-refractivity contribution in [2.45, 2.75) is 49.7 Å². The number of nitrogens with zero attached hydrogens (tertiary/aromatic N) is 2. The van der Waals surface area contributed by atoms with Gasteiger partial charge in [-0.1, -0.05) is 30.3 Å². The highest BCUT2D eigenvalue weighted by atomic mass is 35.5. The van der Waals surface area contributed by atoms with Crippen LogP contribution in [0.15, 0.2) is 36.4 Å². The van der Waals surface area contributed by atoms with Gasteiger partial charge in [0.2, 0.25) is 0 Å². The van der Waals surface area contributed by atoms with Crippen LogP contribution in [0.25, 0.3) is 0 Å². The van der Waals surface area contributed by atoms with Crippen LogP contribution >= 0.6 is 24.8 Å². The molecule has 166 valence electrons. The van der Waals surface area contributed by atoms with E-state index in [1.807, 2.05) is 0 Å². The monoisotopic (exact) mass is 454 g/mol. The molecule has 2 aliphatic rings. The topological polar surface area (TPSA) is 82.3 Å². The molecule has 1 aliphatic carbocycles. The third-order valence-electron chi connectivity index (χ3n) is 6.10. The third-order valence-corrected chi connectivity index (χ3v) is 6.10. The van der Waals surface area contributed by atoms with Gasteiger partial charge in [-0.15, -0.1) is 24.8 Å². The summed E-state index contributed by atoms with van der Waals surface area (Å²) in [6.45, 7) is 2.83. The Bertz CT molecular complexity index is 782. The summed E-state index contributed by atoms with van der Waals surface area (Å²) >= 11 is 0. The molecule has 0 atom stereocenters. The fourth-order valence-electron chi connectivity index (χ4n) is 4.30. The van der Waals surface area contributed by atoms with E-state index >= 15 is 0 Å². The van der Waals surface area contributed by atoms with E-state index in [9.17, 15) is 0 Å². The number of ether oxygens (including phenoxy) is 2. The molecule has 1 aliphatic heterocycles. The summed E-state index contributed by atoms with van der Waals surface area (Å²) in [4.78, 5) is 9.38. The van der Waals surface area contributed by atoms with E-state index in [0.29, 0.717) is 18.6 Å². The molecule has 1 aromatic carbocycles. The number of aromatic nitrogens is 2. The average Bonchev–Trinajstić information content (AvgIpc) is 2.71. The summed E-state index contributed by atoms with van der Waals surface area (Å²) in [6, 6.07) is 13.1. The van der Waals surface area contributed by atoms with E-state index in [1.165, 1.54) is 5.56 Å². The second kappa shape index (κ2) is 11.3. The predicted octanol–water partition coefficient (Wildman–Crippen LogP) is 3.83. The predicted molar refractivity (Wildman–Crippen MR) is 124 cm³/mol. The molecule has 0 radical (unpaired) electrons. The molecule has 30 heavy (non-hydrogen) atoms. The lowest BCUT2D eigenvalue weighted by molar-refractivity contribution is 0.0543. The van der Waals surface area contributed by atoms with Crippen molar-refractivity contribution in [2.75, 3.05) is 32.2 Å². The number of halogens is 2. The van der Waals surface area contributed by atoms with Crippen molar-refractivity contribution in [2.24, 2.45) is 5.73 Å². The van der Waals surface area contributed by atoms with Crippen LogP contribution in [0.2, 0.25) is 0 Å². The van der Waals surface area contributed by atoms with Gasteiger partial charge in [-0.2, -0.15) is 0 Å². The number of anilines is 1. The maximum absolute atomic E-state index is 5.98. The van der Waals surface area contributed by atoms with Crippen LogP contribution in [0, 0.1) is 0 Å². The zero-order valence-electron chi connectivity index (χ0n) is 17.4. The maximum atomic E-state index is 5.98. The minimum Gasteiger partial charge on any atom is -0.381 e. The Morgan fingerprint density at radius 2 is 1.83 bits per heavy atom. The second-order valence-corrected chi connectivity index (χ2v) is 8.07. The number of methoxy groups -OCH3 is 1. The number of nitrogens with two attached hydrogens (primary N) is 1. The second-order valence-electron chi connectivity index (χ2n) is 8.07. The van der Waals surface area contributed by atoms with E-state index in [1.54, 1.807) is 7.11 Å². The minimum absolute atomic E-state index is 0. The Morgan fingerprint density at radius 1 is 1.13 bits per heavy atom. The summed E-state index contributed by atoms with van der Waals surface area (Å²) in [6.07, 6.45) is 4.00. The standard InChI is InChI=1S/C22H30N4O2.2ClH/c1-27-14-21-25-19(16-11-18(23)12-16)13-20(26-21)24-15-22(7-9-28-10-8-22)17-5-3-2-4-6-17;;/h2-6,13,16,18H,7-12,14-15,23H2,1H3,(H,24,25,26);2*1H. The van der Waals surface area contributed by atoms with Crippen molar-refractivity contribution in [1.29, 1.82) is 0 Å². The third kappa shape index (κ3) is 5.62. The summed E-state index contributed by atoms with van der Waals surface area (Å²) in [5, 5.41) is 3.61. The highest BCUT2D eigenvalue weighted by Gasteiger charge is 2.34. The number of hydrogen-bond acceptors (Lipinski definition) is 6. The Kier molecular flexibility index (Phi) is 9.31. The van der Waals surface area contributed by atoms with E-state index in [-0.39, 0.29) is 30.2 Å². The first-order valence-corrected chi connectivity index (χ1v) is 10.2. The average molecular weight is 455 g/mol. The lowest BCUT2D eigenvalue weighted by Crippen LogP contribution is -2.40. The smallest absolute Gasteiger partial charge is 0.156 e. The van der Waals surface area contributed by atoms with Gasteiger partial charge >= 0.3 is 0 Å². The molecular formula is C22H32Cl2N4O2. The summed E-state index contributed by atoms with van der Waals surface area (Å²) in [5.74, 6) is 2.03. The summed E-state index contributed by atoms with van der Waals surface area (Å²) in [7, 11) is 1.68.